The Labute approximate surface area is 218 Å². The van der Waals surface area contributed by atoms with Crippen molar-refractivity contribution in [1.29, 1.82) is 5.26 Å². The van der Waals surface area contributed by atoms with Crippen molar-refractivity contribution in [2.24, 2.45) is 0 Å². The van der Waals surface area contributed by atoms with Crippen LogP contribution in [0.1, 0.15) is 45.8 Å². The number of hydrogen-bond donors (Lipinski definition) is 0. The number of anilines is 1. The van der Waals surface area contributed by atoms with Crippen LogP contribution in [0.25, 0.3) is 0 Å². The van der Waals surface area contributed by atoms with Crippen molar-refractivity contribution in [3.63, 3.8) is 0 Å². The zero-order valence-electron chi connectivity index (χ0n) is 20.1. The summed E-state index contributed by atoms with van der Waals surface area (Å²) < 4.78 is 42.0. The van der Waals surface area contributed by atoms with E-state index in [1.165, 1.54) is 48.6 Å². The quantitative estimate of drug-likeness (QED) is 0.224. The second kappa shape index (κ2) is 11.1. The number of hydrogen-bond acceptors (Lipinski definition) is 4. The molecule has 0 unspecified atom stereocenters. The van der Waals surface area contributed by atoms with Crippen LogP contribution in [0.4, 0.5) is 18.9 Å². The number of amides is 1. The highest BCUT2D eigenvalue weighted by Crippen LogP contribution is 2.40. The fourth-order valence-electron chi connectivity index (χ4n) is 4.16. The largest absolute Gasteiger partial charge is 0.573 e. The summed E-state index contributed by atoms with van der Waals surface area (Å²) in [4.78, 5) is 16.7. The minimum absolute atomic E-state index is 0.192. The van der Waals surface area contributed by atoms with E-state index in [1.807, 2.05) is 18.3 Å². The van der Waals surface area contributed by atoms with E-state index in [4.69, 9.17) is 11.6 Å². The lowest BCUT2D eigenvalue weighted by Crippen LogP contribution is -2.33. The number of nitrogens with zero attached hydrogens (tertiary/aromatic N) is 3. The third-order valence-electron chi connectivity index (χ3n) is 6.21. The van der Waals surface area contributed by atoms with Crippen molar-refractivity contribution >= 4 is 23.2 Å². The van der Waals surface area contributed by atoms with E-state index in [0.29, 0.717) is 17.2 Å². The van der Waals surface area contributed by atoms with Gasteiger partial charge in [-0.05, 0) is 66.1 Å². The number of ether oxygens (including phenoxy) is 1. The lowest BCUT2D eigenvalue weighted by atomic mass is 10.1. The average Bonchev–Trinajstić information content (AvgIpc) is 3.71. The molecular formula is C28H25ClF3N3O2. The Morgan fingerprint density at radius 1 is 1.08 bits per heavy atom. The van der Waals surface area contributed by atoms with Crippen LogP contribution in [-0.2, 0) is 13.0 Å². The highest BCUT2D eigenvalue weighted by atomic mass is 35.5. The van der Waals surface area contributed by atoms with Gasteiger partial charge in [0.15, 0.2) is 6.19 Å². The molecule has 0 heterocycles. The fraction of sp³-hybridized carbons (Fsp3) is 0.286. The number of alkyl halides is 3. The number of nitriles is 1. The summed E-state index contributed by atoms with van der Waals surface area (Å²) in [6.07, 6.45) is -0.142. The number of carbonyl (C=O) groups is 1. The number of benzene rings is 3. The Kier molecular flexibility index (Phi) is 7.94. The summed E-state index contributed by atoms with van der Waals surface area (Å²) in [5.74, 6) is -0.0931. The highest BCUT2D eigenvalue weighted by Gasteiger charge is 2.31. The van der Waals surface area contributed by atoms with Crippen LogP contribution in [0.2, 0.25) is 5.02 Å². The van der Waals surface area contributed by atoms with Gasteiger partial charge in [-0.25, -0.2) is 0 Å². The smallest absolute Gasteiger partial charge is 0.406 e. The minimum Gasteiger partial charge on any atom is -0.406 e. The third kappa shape index (κ3) is 6.95. The second-order valence-corrected chi connectivity index (χ2v) is 9.39. The van der Waals surface area contributed by atoms with Gasteiger partial charge in [0.1, 0.15) is 5.75 Å². The first-order valence-electron chi connectivity index (χ1n) is 11.8. The maximum Gasteiger partial charge on any atom is 0.573 e. The average molecular weight is 528 g/mol. The molecule has 0 radical (unpaired) electrons. The Bertz CT molecular complexity index is 1300. The summed E-state index contributed by atoms with van der Waals surface area (Å²) in [5.41, 5.74) is 3.32. The summed E-state index contributed by atoms with van der Waals surface area (Å²) >= 11 is 6.43. The molecule has 1 aliphatic rings. The van der Waals surface area contributed by atoms with Crippen LogP contribution in [0.5, 0.6) is 5.75 Å². The maximum atomic E-state index is 13.8. The van der Waals surface area contributed by atoms with Crippen molar-refractivity contribution < 1.29 is 22.7 Å². The molecule has 1 fully saturated rings. The molecule has 0 aliphatic heterocycles. The van der Waals surface area contributed by atoms with Crippen LogP contribution in [-0.4, -0.2) is 30.8 Å². The predicted molar refractivity (Wildman–Crippen MR) is 135 cm³/mol. The van der Waals surface area contributed by atoms with Gasteiger partial charge in [0, 0.05) is 20.1 Å². The van der Waals surface area contributed by atoms with E-state index in [2.05, 4.69) is 16.9 Å². The standard InChI is InChI=1S/C28H25ClF3N3O2/c1-34(18-33)25-7-3-6-24(29)26(25)27(36)35(17-20-8-10-21(11-9-20)22-12-13-22)15-14-19-4-2-5-23(16-19)37-28(30,31)32/h2-11,16,22H,12-15,17H2,1H3. The maximum absolute atomic E-state index is 13.8. The van der Waals surface area contributed by atoms with E-state index in [9.17, 15) is 23.2 Å². The molecule has 3 aromatic rings. The molecule has 0 saturated heterocycles. The van der Waals surface area contributed by atoms with Crippen LogP contribution >= 0.6 is 11.6 Å². The molecular weight excluding hydrogens is 503 g/mol. The monoisotopic (exact) mass is 527 g/mol. The summed E-state index contributed by atoms with van der Waals surface area (Å²) in [7, 11) is 1.54. The van der Waals surface area contributed by atoms with Gasteiger partial charge in [0.2, 0.25) is 0 Å². The van der Waals surface area contributed by atoms with Crippen LogP contribution in [0.15, 0.2) is 66.7 Å². The summed E-state index contributed by atoms with van der Waals surface area (Å²) in [6.45, 7) is 0.475. The Morgan fingerprint density at radius 2 is 1.78 bits per heavy atom. The second-order valence-electron chi connectivity index (χ2n) is 8.98. The first-order chi connectivity index (χ1) is 17.6. The van der Waals surface area contributed by atoms with Gasteiger partial charge in [0.25, 0.3) is 5.91 Å². The van der Waals surface area contributed by atoms with E-state index >= 15 is 0 Å². The van der Waals surface area contributed by atoms with E-state index in [0.717, 1.165) is 5.56 Å². The Morgan fingerprint density at radius 3 is 2.43 bits per heavy atom. The Hall–Kier alpha value is -3.70. The van der Waals surface area contributed by atoms with Gasteiger partial charge in [-0.3, -0.25) is 9.69 Å². The first kappa shape index (κ1) is 26.4. The molecule has 37 heavy (non-hydrogen) atoms. The molecule has 0 atom stereocenters. The fourth-order valence-corrected chi connectivity index (χ4v) is 4.41. The Balaban J connectivity index is 1.60. The van der Waals surface area contributed by atoms with Gasteiger partial charge in [-0.2, -0.15) is 5.26 Å². The highest BCUT2D eigenvalue weighted by molar-refractivity contribution is 6.34. The molecule has 0 N–H and O–H groups in total. The normalized spacial score (nSPS) is 13.1. The number of rotatable bonds is 9. The van der Waals surface area contributed by atoms with E-state index in [-0.39, 0.29) is 41.8 Å². The zero-order chi connectivity index (χ0) is 26.6. The van der Waals surface area contributed by atoms with Gasteiger partial charge < -0.3 is 9.64 Å². The SMILES string of the molecule is CN(C#N)c1cccc(Cl)c1C(=O)N(CCc1cccc(OC(F)(F)F)c1)Cc1ccc(C2CC2)cc1. The zero-order valence-corrected chi connectivity index (χ0v) is 20.9. The molecule has 4 rings (SSSR count). The van der Waals surface area contributed by atoms with Crippen molar-refractivity contribution in [1.82, 2.24) is 4.90 Å². The van der Waals surface area contributed by atoms with Crippen molar-refractivity contribution in [3.05, 3.63) is 94.0 Å². The third-order valence-corrected chi connectivity index (χ3v) is 6.52. The summed E-state index contributed by atoms with van der Waals surface area (Å²) in [5, 5.41) is 9.62. The van der Waals surface area contributed by atoms with Crippen LogP contribution in [0, 0.1) is 11.5 Å². The van der Waals surface area contributed by atoms with Crippen molar-refractivity contribution in [2.75, 3.05) is 18.5 Å². The van der Waals surface area contributed by atoms with Crippen LogP contribution < -0.4 is 9.64 Å². The lowest BCUT2D eigenvalue weighted by Gasteiger charge is -2.26. The molecule has 0 spiro atoms. The van der Waals surface area contributed by atoms with E-state index < -0.39 is 6.36 Å². The topological polar surface area (TPSA) is 56.6 Å². The lowest BCUT2D eigenvalue weighted by molar-refractivity contribution is -0.274. The number of carbonyl (C=O) groups excluding carboxylic acids is 1. The predicted octanol–water partition coefficient (Wildman–Crippen LogP) is 6.92. The van der Waals surface area contributed by atoms with Gasteiger partial charge in [0.05, 0.1) is 16.3 Å². The molecule has 0 aromatic heterocycles. The summed E-state index contributed by atoms with van der Waals surface area (Å²) in [6, 6.07) is 18.7. The van der Waals surface area contributed by atoms with Gasteiger partial charge >= 0.3 is 6.36 Å². The molecule has 5 nitrogen and oxygen atoms in total. The van der Waals surface area contributed by atoms with Crippen molar-refractivity contribution in [3.8, 4) is 11.9 Å². The number of halogens is 4. The molecule has 1 aliphatic carbocycles. The molecule has 3 aromatic carbocycles. The molecule has 1 saturated carbocycles. The molecule has 1 amide bonds. The van der Waals surface area contributed by atoms with Crippen molar-refractivity contribution in [2.45, 2.75) is 38.1 Å². The first-order valence-corrected chi connectivity index (χ1v) is 12.2. The molecule has 9 heteroatoms. The van der Waals surface area contributed by atoms with Gasteiger partial charge in [-0.1, -0.05) is 54.1 Å². The van der Waals surface area contributed by atoms with Gasteiger partial charge in [-0.15, -0.1) is 13.2 Å². The van der Waals surface area contributed by atoms with Crippen LogP contribution in [0.3, 0.4) is 0 Å². The van der Waals surface area contributed by atoms with E-state index in [1.54, 1.807) is 29.2 Å². The molecule has 0 bridgehead atoms. The molecule has 192 valence electrons. The minimum atomic E-state index is -4.79.